The minimum Gasteiger partial charge on any atom is -1.00 e. The van der Waals surface area contributed by atoms with Crippen molar-refractivity contribution < 1.29 is 33.3 Å². The normalized spacial score (nSPS) is 12.2. The van der Waals surface area contributed by atoms with Crippen molar-refractivity contribution in [2.24, 2.45) is 0 Å². The molecule has 2 nitrogen and oxygen atoms in total. The summed E-state index contributed by atoms with van der Waals surface area (Å²) in [6, 6.07) is 25.3. The standard InChI is InChI=1S/C19H16NO.HI/c1-3-7-15(8-4-1)17-13-18(16-9-5-2-6-10-16)20-11-12-21-19(20)14-17;/h1-10,13-14H,11-12H2;1H/q+1;/p-1. The average molecular weight is 401 g/mol. The molecule has 110 valence electrons. The lowest BCUT2D eigenvalue weighted by Crippen LogP contribution is -3.00. The molecule has 1 aliphatic heterocycles. The molecule has 0 aliphatic carbocycles. The van der Waals surface area contributed by atoms with Gasteiger partial charge in [-0.3, -0.25) is 0 Å². The van der Waals surface area contributed by atoms with Gasteiger partial charge in [-0.15, -0.1) is 0 Å². The fourth-order valence-corrected chi connectivity index (χ4v) is 2.83. The molecule has 0 N–H and O–H groups in total. The lowest BCUT2D eigenvalue weighted by atomic mass is 10.0. The molecule has 4 rings (SSSR count). The molecule has 0 fully saturated rings. The summed E-state index contributed by atoms with van der Waals surface area (Å²) in [5, 5.41) is 0. The lowest BCUT2D eigenvalue weighted by molar-refractivity contribution is -0.668. The number of halogens is 1. The molecule has 0 bridgehead atoms. The molecule has 0 saturated heterocycles. The van der Waals surface area contributed by atoms with Crippen LogP contribution in [-0.2, 0) is 6.54 Å². The Morgan fingerprint density at radius 3 is 2.05 bits per heavy atom. The number of fused-ring (bicyclic) bond motifs is 1. The number of ether oxygens (including phenoxy) is 1. The van der Waals surface area contributed by atoms with Gasteiger partial charge in [-0.25, -0.2) is 0 Å². The largest absolute Gasteiger partial charge is 1.00 e. The van der Waals surface area contributed by atoms with Crippen LogP contribution in [0.4, 0.5) is 0 Å². The second-order valence-electron chi connectivity index (χ2n) is 5.20. The highest BCUT2D eigenvalue weighted by molar-refractivity contribution is 5.69. The highest BCUT2D eigenvalue weighted by Gasteiger charge is 2.26. The lowest BCUT2D eigenvalue weighted by Gasteiger charge is -2.06. The molecule has 0 amide bonds. The van der Waals surface area contributed by atoms with Crippen LogP contribution in [-0.4, -0.2) is 6.61 Å². The summed E-state index contributed by atoms with van der Waals surface area (Å²) in [4.78, 5) is 0. The first-order valence-corrected chi connectivity index (χ1v) is 7.23. The summed E-state index contributed by atoms with van der Waals surface area (Å²) in [5.41, 5.74) is 4.85. The van der Waals surface area contributed by atoms with Crippen LogP contribution in [0.5, 0.6) is 5.88 Å². The summed E-state index contributed by atoms with van der Waals surface area (Å²) in [7, 11) is 0. The van der Waals surface area contributed by atoms with E-state index in [-0.39, 0.29) is 24.0 Å². The third kappa shape index (κ3) is 2.73. The van der Waals surface area contributed by atoms with Gasteiger partial charge in [0.1, 0.15) is 0 Å². The Balaban J connectivity index is 0.00000144. The van der Waals surface area contributed by atoms with Gasteiger partial charge < -0.3 is 28.7 Å². The first-order chi connectivity index (χ1) is 10.4. The monoisotopic (exact) mass is 401 g/mol. The van der Waals surface area contributed by atoms with Gasteiger partial charge >= 0.3 is 5.88 Å². The van der Waals surface area contributed by atoms with Crippen molar-refractivity contribution in [3.63, 3.8) is 0 Å². The molecule has 0 spiro atoms. The minimum absolute atomic E-state index is 0. The topological polar surface area (TPSA) is 13.1 Å². The molecule has 0 atom stereocenters. The van der Waals surface area contributed by atoms with Gasteiger partial charge in [0.15, 0.2) is 13.2 Å². The molecule has 3 aromatic rings. The van der Waals surface area contributed by atoms with Crippen molar-refractivity contribution in [1.29, 1.82) is 0 Å². The quantitative estimate of drug-likeness (QED) is 0.456. The van der Waals surface area contributed by atoms with Crippen LogP contribution in [0.2, 0.25) is 0 Å². The van der Waals surface area contributed by atoms with E-state index in [1.807, 2.05) is 12.1 Å². The van der Waals surface area contributed by atoms with Gasteiger partial charge in [-0.2, -0.15) is 4.57 Å². The molecule has 0 saturated carbocycles. The maximum Gasteiger partial charge on any atom is 0.369 e. The first-order valence-electron chi connectivity index (χ1n) is 7.23. The van der Waals surface area contributed by atoms with Gasteiger partial charge in [0.25, 0.3) is 0 Å². The fourth-order valence-electron chi connectivity index (χ4n) is 2.83. The Hall–Kier alpha value is -1.88. The second kappa shape index (κ2) is 6.48. The van der Waals surface area contributed by atoms with Crippen molar-refractivity contribution >= 4 is 0 Å². The van der Waals surface area contributed by atoms with E-state index in [9.17, 15) is 0 Å². The van der Waals surface area contributed by atoms with Crippen molar-refractivity contribution in [1.82, 2.24) is 0 Å². The van der Waals surface area contributed by atoms with Gasteiger partial charge in [0.05, 0.1) is 6.07 Å². The number of pyridine rings is 1. The smallest absolute Gasteiger partial charge is 0.369 e. The summed E-state index contributed by atoms with van der Waals surface area (Å²) >= 11 is 0. The first kappa shape index (κ1) is 15.0. The summed E-state index contributed by atoms with van der Waals surface area (Å²) in [6.07, 6.45) is 0. The van der Waals surface area contributed by atoms with E-state index >= 15 is 0 Å². The summed E-state index contributed by atoms with van der Waals surface area (Å²) in [6.45, 7) is 1.66. The Morgan fingerprint density at radius 1 is 0.727 bits per heavy atom. The summed E-state index contributed by atoms with van der Waals surface area (Å²) < 4.78 is 8.04. The van der Waals surface area contributed by atoms with Crippen LogP contribution in [0.1, 0.15) is 0 Å². The van der Waals surface area contributed by atoms with Crippen LogP contribution in [0, 0.1) is 0 Å². The van der Waals surface area contributed by atoms with Gasteiger partial charge in [-0.1, -0.05) is 48.5 Å². The predicted octanol–water partition coefficient (Wildman–Crippen LogP) is 0.705. The minimum atomic E-state index is 0. The Kier molecular flexibility index (Phi) is 4.43. The molecule has 0 unspecified atom stereocenters. The fraction of sp³-hybridized carbons (Fsp3) is 0.105. The van der Waals surface area contributed by atoms with E-state index in [0.717, 1.165) is 19.0 Å². The maximum absolute atomic E-state index is 5.79. The van der Waals surface area contributed by atoms with Crippen molar-refractivity contribution in [2.75, 3.05) is 6.61 Å². The Labute approximate surface area is 147 Å². The van der Waals surface area contributed by atoms with Crippen molar-refractivity contribution in [3.8, 4) is 28.3 Å². The average Bonchev–Trinajstić information content (AvgIpc) is 3.04. The molecule has 0 radical (unpaired) electrons. The van der Waals surface area contributed by atoms with Crippen LogP contribution in [0.25, 0.3) is 22.4 Å². The zero-order chi connectivity index (χ0) is 14.1. The maximum atomic E-state index is 5.79. The number of hydrogen-bond acceptors (Lipinski definition) is 1. The molecule has 3 heteroatoms. The van der Waals surface area contributed by atoms with E-state index in [4.69, 9.17) is 4.74 Å². The second-order valence-corrected chi connectivity index (χ2v) is 5.20. The number of rotatable bonds is 2. The van der Waals surface area contributed by atoms with E-state index in [1.165, 1.54) is 22.4 Å². The third-order valence-electron chi connectivity index (χ3n) is 3.87. The van der Waals surface area contributed by atoms with Crippen molar-refractivity contribution in [2.45, 2.75) is 6.54 Å². The van der Waals surface area contributed by atoms with E-state index < -0.39 is 0 Å². The van der Waals surface area contributed by atoms with Gasteiger partial charge in [0, 0.05) is 11.6 Å². The van der Waals surface area contributed by atoms with Crippen LogP contribution >= 0.6 is 0 Å². The molecule has 22 heavy (non-hydrogen) atoms. The van der Waals surface area contributed by atoms with E-state index in [1.54, 1.807) is 0 Å². The number of hydrogen-bond donors (Lipinski definition) is 0. The van der Waals surface area contributed by atoms with Gasteiger partial charge in [-0.05, 0) is 23.3 Å². The van der Waals surface area contributed by atoms with Gasteiger partial charge in [0.2, 0.25) is 5.69 Å². The van der Waals surface area contributed by atoms with E-state index in [2.05, 4.69) is 65.2 Å². The highest BCUT2D eigenvalue weighted by atomic mass is 127. The van der Waals surface area contributed by atoms with Crippen LogP contribution in [0.3, 0.4) is 0 Å². The zero-order valence-electron chi connectivity index (χ0n) is 12.1. The number of aromatic nitrogens is 1. The SMILES string of the molecule is [I-].c1ccc(-c2cc3[n+](c(-c4ccccc4)c2)CCO3)cc1. The zero-order valence-corrected chi connectivity index (χ0v) is 14.2. The number of benzene rings is 2. The van der Waals surface area contributed by atoms with Crippen molar-refractivity contribution in [3.05, 3.63) is 72.8 Å². The molecule has 2 heterocycles. The number of nitrogens with zero attached hydrogens (tertiary/aromatic N) is 1. The molecule has 1 aromatic heterocycles. The predicted molar refractivity (Wildman–Crippen MR) is 83.0 cm³/mol. The van der Waals surface area contributed by atoms with Crippen LogP contribution < -0.4 is 33.3 Å². The van der Waals surface area contributed by atoms with E-state index in [0.29, 0.717) is 0 Å². The molecular weight excluding hydrogens is 385 g/mol. The molecular formula is C19H16INO. The highest BCUT2D eigenvalue weighted by Crippen LogP contribution is 2.28. The third-order valence-corrected chi connectivity index (χ3v) is 3.87. The Bertz CT molecular complexity index is 772. The summed E-state index contributed by atoms with van der Waals surface area (Å²) in [5.74, 6) is 0.954. The molecule has 2 aromatic carbocycles. The molecule has 1 aliphatic rings. The van der Waals surface area contributed by atoms with Crippen LogP contribution in [0.15, 0.2) is 72.8 Å². The Morgan fingerprint density at radius 2 is 1.36 bits per heavy atom.